The Labute approximate surface area is 204 Å². The fourth-order valence-corrected chi connectivity index (χ4v) is 3.83. The molecule has 1 aromatic heterocycles. The predicted octanol–water partition coefficient (Wildman–Crippen LogP) is 5.39. The molecule has 3 aromatic rings. The maximum absolute atomic E-state index is 12.7. The molecule has 1 unspecified atom stereocenters. The molecule has 0 radical (unpaired) electrons. The van der Waals surface area contributed by atoms with E-state index in [1.807, 2.05) is 55.7 Å². The third-order valence-electron chi connectivity index (χ3n) is 4.96. The molecular weight excluding hydrogens is 454 g/mol. The van der Waals surface area contributed by atoms with Crippen LogP contribution in [0.4, 0.5) is 4.79 Å². The molecule has 0 saturated heterocycles. The zero-order valence-electron chi connectivity index (χ0n) is 20.1. The van der Waals surface area contributed by atoms with Crippen LogP contribution in [0, 0.1) is 6.92 Å². The molecule has 1 N–H and O–H groups in total. The number of hydrogen-bond donors (Lipinski definition) is 1. The van der Waals surface area contributed by atoms with E-state index < -0.39 is 17.9 Å². The molecule has 4 rings (SSSR count). The van der Waals surface area contributed by atoms with Gasteiger partial charge in [0.2, 0.25) is 0 Å². The van der Waals surface area contributed by atoms with E-state index in [1.54, 1.807) is 32.9 Å². The second kappa shape index (κ2) is 9.10. The minimum absolute atomic E-state index is 0.00791. The topological polar surface area (TPSA) is 90.6 Å². The lowest BCUT2D eigenvalue weighted by Gasteiger charge is -2.21. The van der Waals surface area contributed by atoms with Crippen LogP contribution in [0.2, 0.25) is 5.02 Å². The number of carbonyl (C=O) groups excluding carboxylic acids is 1. The van der Waals surface area contributed by atoms with Crippen molar-refractivity contribution in [2.45, 2.75) is 59.4 Å². The van der Waals surface area contributed by atoms with Gasteiger partial charge in [-0.15, -0.1) is 10.2 Å². The number of amides is 1. The molecule has 1 amide bonds. The van der Waals surface area contributed by atoms with Crippen LogP contribution in [-0.2, 0) is 4.74 Å². The number of benzene rings is 2. The number of aliphatic imine (C=N–C) groups is 1. The van der Waals surface area contributed by atoms with Crippen LogP contribution in [0.3, 0.4) is 0 Å². The fourth-order valence-electron chi connectivity index (χ4n) is 3.71. The van der Waals surface area contributed by atoms with Crippen LogP contribution in [0.15, 0.2) is 47.5 Å². The van der Waals surface area contributed by atoms with Crippen molar-refractivity contribution >= 4 is 23.4 Å². The molecule has 0 saturated carbocycles. The van der Waals surface area contributed by atoms with E-state index >= 15 is 0 Å². The molecule has 178 valence electrons. The lowest BCUT2D eigenvalue weighted by atomic mass is 10.00. The highest BCUT2D eigenvalue weighted by molar-refractivity contribution is 6.30. The minimum atomic E-state index is -0.830. The number of aryl methyl sites for hydroxylation is 1. The van der Waals surface area contributed by atoms with Gasteiger partial charge in [-0.1, -0.05) is 23.7 Å². The predicted molar refractivity (Wildman–Crippen MR) is 131 cm³/mol. The Balaban J connectivity index is 1.91. The Kier molecular flexibility index (Phi) is 6.36. The fraction of sp³-hybridized carbons (Fsp3) is 0.360. The van der Waals surface area contributed by atoms with Gasteiger partial charge in [0.1, 0.15) is 17.2 Å². The Bertz CT molecular complexity index is 1240. The molecular formula is C25H28ClN5O3. The minimum Gasteiger partial charge on any atom is -0.491 e. The molecule has 0 fully saturated rings. The summed E-state index contributed by atoms with van der Waals surface area (Å²) < 4.78 is 13.3. The number of nitrogens with one attached hydrogen (secondary N) is 1. The van der Waals surface area contributed by atoms with E-state index in [4.69, 9.17) is 26.1 Å². The van der Waals surface area contributed by atoms with E-state index in [-0.39, 0.29) is 6.10 Å². The van der Waals surface area contributed by atoms with Crippen LogP contribution in [0.1, 0.15) is 63.6 Å². The van der Waals surface area contributed by atoms with Gasteiger partial charge in [0.25, 0.3) is 0 Å². The van der Waals surface area contributed by atoms with Crippen molar-refractivity contribution < 1.29 is 14.3 Å². The SMILES string of the molecule is Cc1nnc2n1-c1ccc(OC(C)C)cc1C(c1ccc(Cl)cc1)=NC2NC(=O)OC(C)(C)C. The lowest BCUT2D eigenvalue weighted by Crippen LogP contribution is -2.35. The summed E-state index contributed by atoms with van der Waals surface area (Å²) in [6, 6.07) is 13.2. The van der Waals surface area contributed by atoms with Crippen LogP contribution in [0.25, 0.3) is 5.69 Å². The van der Waals surface area contributed by atoms with E-state index in [0.717, 1.165) is 16.8 Å². The molecule has 0 aliphatic carbocycles. The first-order chi connectivity index (χ1) is 16.0. The lowest BCUT2D eigenvalue weighted by molar-refractivity contribution is 0.0503. The van der Waals surface area contributed by atoms with Crippen molar-refractivity contribution in [3.8, 4) is 11.4 Å². The Hall–Kier alpha value is -3.39. The third-order valence-corrected chi connectivity index (χ3v) is 5.21. The summed E-state index contributed by atoms with van der Waals surface area (Å²) in [6.07, 6.45) is -1.42. The number of hydrogen-bond acceptors (Lipinski definition) is 6. The average Bonchev–Trinajstić information content (AvgIpc) is 3.05. The zero-order chi connectivity index (χ0) is 24.6. The summed E-state index contributed by atoms with van der Waals surface area (Å²) in [4.78, 5) is 17.6. The Morgan fingerprint density at radius 2 is 1.82 bits per heavy atom. The molecule has 1 atom stereocenters. The van der Waals surface area contributed by atoms with Gasteiger partial charge in [-0.3, -0.25) is 14.9 Å². The quantitative estimate of drug-likeness (QED) is 0.539. The number of carbonyl (C=O) groups is 1. The summed E-state index contributed by atoms with van der Waals surface area (Å²) in [5, 5.41) is 12.1. The summed E-state index contributed by atoms with van der Waals surface area (Å²) >= 11 is 6.15. The maximum atomic E-state index is 12.7. The zero-order valence-corrected chi connectivity index (χ0v) is 20.8. The third kappa shape index (κ3) is 5.07. The highest BCUT2D eigenvalue weighted by Gasteiger charge is 2.31. The van der Waals surface area contributed by atoms with Crippen LogP contribution in [0.5, 0.6) is 5.75 Å². The molecule has 0 spiro atoms. The smallest absolute Gasteiger partial charge is 0.409 e. The normalized spacial score (nSPS) is 15.2. The molecule has 2 aromatic carbocycles. The van der Waals surface area contributed by atoms with Crippen LogP contribution in [-0.4, -0.2) is 38.3 Å². The summed E-state index contributed by atoms with van der Waals surface area (Å²) in [5.41, 5.74) is 2.48. The molecule has 2 heterocycles. The Morgan fingerprint density at radius 1 is 1.12 bits per heavy atom. The van der Waals surface area contributed by atoms with Crippen molar-refractivity contribution in [3.63, 3.8) is 0 Å². The van der Waals surface area contributed by atoms with Gasteiger partial charge < -0.3 is 9.47 Å². The van der Waals surface area contributed by atoms with Crippen LogP contribution < -0.4 is 10.1 Å². The molecule has 0 bridgehead atoms. The monoisotopic (exact) mass is 481 g/mol. The van der Waals surface area contributed by atoms with Crippen molar-refractivity contribution in [3.05, 3.63) is 70.3 Å². The van der Waals surface area contributed by atoms with E-state index in [1.165, 1.54) is 0 Å². The maximum Gasteiger partial charge on any atom is 0.409 e. The average molecular weight is 482 g/mol. The number of aromatic nitrogens is 3. The first-order valence-corrected chi connectivity index (χ1v) is 11.5. The van der Waals surface area contributed by atoms with Gasteiger partial charge in [0.15, 0.2) is 12.0 Å². The first kappa shape index (κ1) is 23.8. The van der Waals surface area contributed by atoms with Gasteiger partial charge >= 0.3 is 6.09 Å². The number of ether oxygens (including phenoxy) is 2. The van der Waals surface area contributed by atoms with Crippen molar-refractivity contribution in [2.75, 3.05) is 0 Å². The van der Waals surface area contributed by atoms with E-state index in [0.29, 0.717) is 28.1 Å². The van der Waals surface area contributed by atoms with Crippen molar-refractivity contribution in [1.29, 1.82) is 0 Å². The molecule has 1 aliphatic heterocycles. The summed E-state index contributed by atoms with van der Waals surface area (Å²) in [5.74, 6) is 1.85. The first-order valence-electron chi connectivity index (χ1n) is 11.1. The number of nitrogens with zero attached hydrogens (tertiary/aromatic N) is 4. The van der Waals surface area contributed by atoms with Gasteiger partial charge in [0, 0.05) is 16.1 Å². The largest absolute Gasteiger partial charge is 0.491 e. The highest BCUT2D eigenvalue weighted by atomic mass is 35.5. The number of alkyl carbamates (subject to hydrolysis) is 1. The Morgan fingerprint density at radius 3 is 2.47 bits per heavy atom. The van der Waals surface area contributed by atoms with Crippen molar-refractivity contribution in [2.24, 2.45) is 4.99 Å². The number of rotatable bonds is 4. The summed E-state index contributed by atoms with van der Waals surface area (Å²) in [7, 11) is 0. The van der Waals surface area contributed by atoms with Gasteiger partial charge in [-0.2, -0.15) is 0 Å². The van der Waals surface area contributed by atoms with Gasteiger partial charge in [-0.05, 0) is 71.9 Å². The number of fused-ring (bicyclic) bond motifs is 3. The van der Waals surface area contributed by atoms with Gasteiger partial charge in [0.05, 0.1) is 17.5 Å². The van der Waals surface area contributed by atoms with E-state index in [2.05, 4.69) is 15.5 Å². The molecule has 34 heavy (non-hydrogen) atoms. The number of halogens is 1. The van der Waals surface area contributed by atoms with E-state index in [9.17, 15) is 4.79 Å². The highest BCUT2D eigenvalue weighted by Crippen LogP contribution is 2.33. The second-order valence-corrected chi connectivity index (χ2v) is 9.76. The molecule has 8 nitrogen and oxygen atoms in total. The molecule has 9 heteroatoms. The second-order valence-electron chi connectivity index (χ2n) is 9.32. The summed E-state index contributed by atoms with van der Waals surface area (Å²) in [6.45, 7) is 11.2. The molecule has 1 aliphatic rings. The van der Waals surface area contributed by atoms with Crippen LogP contribution >= 0.6 is 11.6 Å². The van der Waals surface area contributed by atoms with Gasteiger partial charge in [-0.25, -0.2) is 4.79 Å². The standard InChI is InChI=1S/C25H28ClN5O3/c1-14(2)33-18-11-12-20-19(13-18)21(16-7-9-17(26)10-8-16)27-22(23-30-29-15(3)31(20)23)28-24(32)34-25(4,5)6/h7-14,22H,1-6H3,(H,28,32). The van der Waals surface area contributed by atoms with Crippen molar-refractivity contribution in [1.82, 2.24) is 20.1 Å².